The summed E-state index contributed by atoms with van der Waals surface area (Å²) < 4.78 is 37.2. The number of rotatable bonds is 3. The van der Waals surface area contributed by atoms with Crippen molar-refractivity contribution in [3.05, 3.63) is 35.9 Å². The van der Waals surface area contributed by atoms with Gasteiger partial charge in [-0.1, -0.05) is 30.3 Å². The van der Waals surface area contributed by atoms with E-state index in [1.165, 1.54) is 5.56 Å². The summed E-state index contributed by atoms with van der Waals surface area (Å²) in [7, 11) is 0. The van der Waals surface area contributed by atoms with Gasteiger partial charge in [-0.2, -0.15) is 13.2 Å². The van der Waals surface area contributed by atoms with Crippen molar-refractivity contribution in [2.24, 2.45) is 11.8 Å². The van der Waals surface area contributed by atoms with Gasteiger partial charge in [-0.05, 0) is 17.4 Å². The number of fused-ring (bicyclic) bond motifs is 1. The van der Waals surface area contributed by atoms with Crippen LogP contribution in [0.3, 0.4) is 0 Å². The largest absolute Gasteiger partial charge is 0.401 e. The lowest BCUT2D eigenvalue weighted by molar-refractivity contribution is -0.144. The molecule has 2 nitrogen and oxygen atoms in total. The topological polar surface area (TPSA) is 6.48 Å². The van der Waals surface area contributed by atoms with Crippen LogP contribution in [0, 0.1) is 11.8 Å². The van der Waals surface area contributed by atoms with Crippen LogP contribution in [0.15, 0.2) is 30.3 Å². The Bertz CT molecular complexity index is 432. The Hall–Kier alpha value is -1.07. The molecule has 5 heteroatoms. The average molecular weight is 284 g/mol. The maximum atomic E-state index is 12.4. The fourth-order valence-electron chi connectivity index (χ4n) is 3.54. The van der Waals surface area contributed by atoms with E-state index in [0.717, 1.165) is 19.6 Å². The second kappa shape index (κ2) is 5.37. The van der Waals surface area contributed by atoms with Gasteiger partial charge in [0.05, 0.1) is 6.54 Å². The minimum atomic E-state index is -4.07. The van der Waals surface area contributed by atoms with Gasteiger partial charge in [0, 0.05) is 32.7 Å². The van der Waals surface area contributed by atoms with Crippen LogP contribution in [0.5, 0.6) is 0 Å². The first kappa shape index (κ1) is 13.9. The average Bonchev–Trinajstić information content (AvgIpc) is 2.85. The number of likely N-dealkylation sites (tertiary alicyclic amines) is 2. The van der Waals surface area contributed by atoms with Gasteiger partial charge in [0.15, 0.2) is 0 Å². The fraction of sp³-hybridized carbons (Fsp3) is 0.600. The summed E-state index contributed by atoms with van der Waals surface area (Å²) in [6.07, 6.45) is -4.07. The third-order valence-electron chi connectivity index (χ3n) is 4.29. The smallest absolute Gasteiger partial charge is 0.298 e. The molecule has 0 radical (unpaired) electrons. The molecule has 0 aromatic heterocycles. The highest BCUT2D eigenvalue weighted by Gasteiger charge is 2.43. The standard InChI is InChI=1S/C15H19F3N2/c16-15(17,18)11-20-9-13-7-19(8-14(13)10-20)6-12-4-2-1-3-5-12/h1-5,13-14H,6-11H2/t13-,14-/m0/s1. The number of hydrogen-bond acceptors (Lipinski definition) is 2. The lowest BCUT2D eigenvalue weighted by atomic mass is 10.0. The Labute approximate surface area is 117 Å². The molecule has 0 N–H and O–H groups in total. The Kier molecular flexibility index (Phi) is 3.73. The monoisotopic (exact) mass is 284 g/mol. The quantitative estimate of drug-likeness (QED) is 0.842. The van der Waals surface area contributed by atoms with E-state index in [1.807, 2.05) is 18.2 Å². The predicted octanol–water partition coefficient (Wildman–Crippen LogP) is 2.61. The third kappa shape index (κ3) is 3.33. The molecular formula is C15H19F3N2. The first-order valence-electron chi connectivity index (χ1n) is 7.05. The van der Waals surface area contributed by atoms with Crippen molar-refractivity contribution in [3.8, 4) is 0 Å². The molecule has 2 aliphatic rings. The molecular weight excluding hydrogens is 265 g/mol. The SMILES string of the molecule is FC(F)(F)CN1C[C@@H]2CN(Cc3ccccc3)C[C@H]2C1. The lowest BCUT2D eigenvalue weighted by Gasteiger charge is -2.22. The third-order valence-corrected chi connectivity index (χ3v) is 4.29. The Morgan fingerprint density at radius 1 is 0.900 bits per heavy atom. The zero-order valence-corrected chi connectivity index (χ0v) is 11.3. The number of halogens is 3. The van der Waals surface area contributed by atoms with E-state index >= 15 is 0 Å². The van der Waals surface area contributed by atoms with Crippen LogP contribution in [-0.2, 0) is 6.54 Å². The molecule has 0 spiro atoms. The molecule has 20 heavy (non-hydrogen) atoms. The molecule has 2 fully saturated rings. The Morgan fingerprint density at radius 3 is 2.00 bits per heavy atom. The highest BCUT2D eigenvalue weighted by atomic mass is 19.4. The second-order valence-corrected chi connectivity index (χ2v) is 6.01. The summed E-state index contributed by atoms with van der Waals surface area (Å²) in [6, 6.07) is 10.2. The van der Waals surface area contributed by atoms with Gasteiger partial charge >= 0.3 is 6.18 Å². The van der Waals surface area contributed by atoms with Crippen LogP contribution in [0.25, 0.3) is 0 Å². The molecule has 0 amide bonds. The van der Waals surface area contributed by atoms with E-state index in [1.54, 1.807) is 4.90 Å². The van der Waals surface area contributed by atoms with E-state index in [0.29, 0.717) is 24.9 Å². The van der Waals surface area contributed by atoms with Crippen molar-refractivity contribution in [2.75, 3.05) is 32.7 Å². The number of alkyl halides is 3. The first-order valence-corrected chi connectivity index (χ1v) is 7.05. The van der Waals surface area contributed by atoms with Crippen molar-refractivity contribution in [3.63, 3.8) is 0 Å². The Balaban J connectivity index is 1.51. The number of hydrogen-bond donors (Lipinski definition) is 0. The summed E-state index contributed by atoms with van der Waals surface area (Å²) in [5.74, 6) is 0.808. The van der Waals surface area contributed by atoms with Gasteiger partial charge < -0.3 is 0 Å². The minimum absolute atomic E-state index is 0.404. The van der Waals surface area contributed by atoms with Gasteiger partial charge in [-0.3, -0.25) is 9.80 Å². The van der Waals surface area contributed by atoms with Gasteiger partial charge in [0.25, 0.3) is 0 Å². The molecule has 2 aliphatic heterocycles. The first-order chi connectivity index (χ1) is 9.49. The molecule has 0 unspecified atom stereocenters. The van der Waals surface area contributed by atoms with E-state index in [2.05, 4.69) is 17.0 Å². The van der Waals surface area contributed by atoms with Crippen molar-refractivity contribution >= 4 is 0 Å². The summed E-state index contributed by atoms with van der Waals surface area (Å²) >= 11 is 0. The van der Waals surface area contributed by atoms with Crippen molar-refractivity contribution < 1.29 is 13.2 Å². The molecule has 1 aromatic rings. The van der Waals surface area contributed by atoms with Crippen LogP contribution in [0.1, 0.15) is 5.56 Å². The highest BCUT2D eigenvalue weighted by Crippen LogP contribution is 2.33. The van der Waals surface area contributed by atoms with Gasteiger partial charge in [0.2, 0.25) is 0 Å². The summed E-state index contributed by atoms with van der Waals surface area (Å²) in [5.41, 5.74) is 1.28. The summed E-state index contributed by atoms with van der Waals surface area (Å²) in [6.45, 7) is 3.19. The maximum Gasteiger partial charge on any atom is 0.401 e. The number of nitrogens with zero attached hydrogens (tertiary/aromatic N) is 2. The van der Waals surface area contributed by atoms with Crippen LogP contribution >= 0.6 is 0 Å². The normalized spacial score (nSPS) is 27.9. The van der Waals surface area contributed by atoms with Crippen molar-refractivity contribution in [2.45, 2.75) is 12.7 Å². The predicted molar refractivity (Wildman–Crippen MR) is 71.2 cm³/mol. The zero-order valence-electron chi connectivity index (χ0n) is 11.3. The lowest BCUT2D eigenvalue weighted by Crippen LogP contribution is -2.35. The van der Waals surface area contributed by atoms with Crippen molar-refractivity contribution in [1.29, 1.82) is 0 Å². The van der Waals surface area contributed by atoms with E-state index < -0.39 is 12.7 Å². The van der Waals surface area contributed by atoms with Crippen LogP contribution in [0.2, 0.25) is 0 Å². The molecule has 0 bridgehead atoms. The van der Waals surface area contributed by atoms with E-state index in [-0.39, 0.29) is 0 Å². The second-order valence-electron chi connectivity index (χ2n) is 6.01. The fourth-order valence-corrected chi connectivity index (χ4v) is 3.54. The Morgan fingerprint density at radius 2 is 1.45 bits per heavy atom. The highest BCUT2D eigenvalue weighted by molar-refractivity contribution is 5.15. The van der Waals surface area contributed by atoms with Gasteiger partial charge in [-0.25, -0.2) is 0 Å². The molecule has 110 valence electrons. The molecule has 2 heterocycles. The van der Waals surface area contributed by atoms with Crippen LogP contribution in [0.4, 0.5) is 13.2 Å². The van der Waals surface area contributed by atoms with E-state index in [4.69, 9.17) is 0 Å². The number of benzene rings is 1. The summed E-state index contributed by atoms with van der Waals surface area (Å²) in [4.78, 5) is 3.94. The van der Waals surface area contributed by atoms with Crippen LogP contribution < -0.4 is 0 Å². The zero-order chi connectivity index (χ0) is 14.2. The molecule has 3 rings (SSSR count). The van der Waals surface area contributed by atoms with Crippen LogP contribution in [-0.4, -0.2) is 48.7 Å². The molecule has 2 saturated heterocycles. The molecule has 0 saturated carbocycles. The molecule has 0 aliphatic carbocycles. The van der Waals surface area contributed by atoms with Gasteiger partial charge in [0.1, 0.15) is 0 Å². The molecule has 2 atom stereocenters. The van der Waals surface area contributed by atoms with E-state index in [9.17, 15) is 13.2 Å². The minimum Gasteiger partial charge on any atom is -0.298 e. The van der Waals surface area contributed by atoms with Gasteiger partial charge in [-0.15, -0.1) is 0 Å². The van der Waals surface area contributed by atoms with Crippen molar-refractivity contribution in [1.82, 2.24) is 9.80 Å². The maximum absolute atomic E-state index is 12.4. The molecule has 1 aromatic carbocycles. The summed E-state index contributed by atoms with van der Waals surface area (Å²) in [5, 5.41) is 0.